The molecule has 1 aliphatic heterocycles. The summed E-state index contributed by atoms with van der Waals surface area (Å²) in [6.07, 6.45) is 4.70. The standard InChI is InChI=1S/C20H27N3O2/c1-3-8-23-15(2)19(12-21-23)20(25)22-9-7-17(13-22)10-16-5-4-6-18(11-16)14-24/h4-6,11-12,17,24H,3,7-10,13-14H2,1-2H3. The number of amides is 1. The topological polar surface area (TPSA) is 58.4 Å². The van der Waals surface area contributed by atoms with E-state index in [0.29, 0.717) is 5.92 Å². The summed E-state index contributed by atoms with van der Waals surface area (Å²) < 4.78 is 1.92. The van der Waals surface area contributed by atoms with Crippen LogP contribution >= 0.6 is 0 Å². The number of nitrogens with zero attached hydrogens (tertiary/aromatic N) is 3. The van der Waals surface area contributed by atoms with Crippen molar-refractivity contribution in [2.75, 3.05) is 13.1 Å². The van der Waals surface area contributed by atoms with Crippen LogP contribution in [0.1, 0.15) is 46.9 Å². The Balaban J connectivity index is 1.63. The Kier molecular flexibility index (Phi) is 5.53. The minimum atomic E-state index is 0.0736. The van der Waals surface area contributed by atoms with Gasteiger partial charge in [-0.2, -0.15) is 5.10 Å². The summed E-state index contributed by atoms with van der Waals surface area (Å²) in [6, 6.07) is 8.08. The Morgan fingerprint density at radius 1 is 1.36 bits per heavy atom. The minimum Gasteiger partial charge on any atom is -0.392 e. The normalized spacial score (nSPS) is 17.2. The van der Waals surface area contributed by atoms with Crippen molar-refractivity contribution in [2.45, 2.75) is 46.3 Å². The van der Waals surface area contributed by atoms with Crippen molar-refractivity contribution in [3.05, 3.63) is 52.8 Å². The molecular formula is C20H27N3O2. The summed E-state index contributed by atoms with van der Waals surface area (Å²) >= 11 is 0. The van der Waals surface area contributed by atoms with Gasteiger partial charge in [0.1, 0.15) is 0 Å². The summed E-state index contributed by atoms with van der Waals surface area (Å²) in [5, 5.41) is 13.6. The first kappa shape index (κ1) is 17.7. The Hall–Kier alpha value is -2.14. The maximum Gasteiger partial charge on any atom is 0.257 e. The average Bonchev–Trinajstić information content (AvgIpc) is 3.22. The van der Waals surface area contributed by atoms with Gasteiger partial charge >= 0.3 is 0 Å². The smallest absolute Gasteiger partial charge is 0.257 e. The van der Waals surface area contributed by atoms with E-state index in [1.165, 1.54) is 5.56 Å². The van der Waals surface area contributed by atoms with Crippen LogP contribution in [0.5, 0.6) is 0 Å². The fourth-order valence-corrected chi connectivity index (χ4v) is 3.64. The van der Waals surface area contributed by atoms with Crippen molar-refractivity contribution in [1.29, 1.82) is 0 Å². The first-order chi connectivity index (χ1) is 12.1. The Morgan fingerprint density at radius 3 is 2.92 bits per heavy atom. The van der Waals surface area contributed by atoms with E-state index in [2.05, 4.69) is 24.2 Å². The molecule has 1 saturated heterocycles. The van der Waals surface area contributed by atoms with Crippen molar-refractivity contribution in [1.82, 2.24) is 14.7 Å². The average molecular weight is 341 g/mol. The molecule has 1 aromatic carbocycles. The molecule has 0 spiro atoms. The lowest BCUT2D eigenvalue weighted by Crippen LogP contribution is -2.29. The summed E-state index contributed by atoms with van der Waals surface area (Å²) in [7, 11) is 0. The maximum absolute atomic E-state index is 12.8. The Bertz CT molecular complexity index is 738. The molecule has 0 aliphatic carbocycles. The number of carbonyl (C=O) groups is 1. The number of aromatic nitrogens is 2. The van der Waals surface area contributed by atoms with Gasteiger partial charge in [-0.05, 0) is 43.2 Å². The van der Waals surface area contributed by atoms with Gasteiger partial charge < -0.3 is 10.0 Å². The van der Waals surface area contributed by atoms with Crippen LogP contribution in [0.15, 0.2) is 30.5 Å². The predicted molar refractivity (Wildman–Crippen MR) is 97.3 cm³/mol. The van der Waals surface area contributed by atoms with E-state index in [4.69, 9.17) is 0 Å². The zero-order valence-corrected chi connectivity index (χ0v) is 15.1. The molecule has 2 heterocycles. The van der Waals surface area contributed by atoms with Gasteiger partial charge in [-0.25, -0.2) is 0 Å². The SMILES string of the molecule is CCCn1ncc(C(=O)N2CCC(Cc3cccc(CO)c3)C2)c1C. The van der Waals surface area contributed by atoms with E-state index in [0.717, 1.165) is 55.7 Å². The number of hydrogen-bond acceptors (Lipinski definition) is 3. The number of aliphatic hydroxyl groups is 1. The highest BCUT2D eigenvalue weighted by Crippen LogP contribution is 2.24. The number of likely N-dealkylation sites (tertiary alicyclic amines) is 1. The fraction of sp³-hybridized carbons (Fsp3) is 0.500. The number of benzene rings is 1. The largest absolute Gasteiger partial charge is 0.392 e. The van der Waals surface area contributed by atoms with E-state index in [9.17, 15) is 9.90 Å². The van der Waals surface area contributed by atoms with Crippen molar-refractivity contribution >= 4 is 5.91 Å². The first-order valence-corrected chi connectivity index (χ1v) is 9.12. The molecule has 1 aliphatic rings. The van der Waals surface area contributed by atoms with Crippen LogP contribution in [0.3, 0.4) is 0 Å². The second-order valence-electron chi connectivity index (χ2n) is 6.95. The monoisotopic (exact) mass is 341 g/mol. The van der Waals surface area contributed by atoms with Crippen LogP contribution < -0.4 is 0 Å². The molecule has 1 unspecified atom stereocenters. The quantitative estimate of drug-likeness (QED) is 0.879. The van der Waals surface area contributed by atoms with Crippen molar-refractivity contribution in [3.8, 4) is 0 Å². The van der Waals surface area contributed by atoms with Crippen LogP contribution in [0.2, 0.25) is 0 Å². The molecular weight excluding hydrogens is 314 g/mol. The van der Waals surface area contributed by atoms with Gasteiger partial charge in [-0.15, -0.1) is 0 Å². The van der Waals surface area contributed by atoms with Crippen LogP contribution in [-0.4, -0.2) is 38.8 Å². The fourth-order valence-electron chi connectivity index (χ4n) is 3.64. The van der Waals surface area contributed by atoms with Gasteiger partial charge in [0, 0.05) is 25.3 Å². The molecule has 1 aromatic heterocycles. The molecule has 0 saturated carbocycles. The number of rotatable bonds is 6. The molecule has 5 heteroatoms. The summed E-state index contributed by atoms with van der Waals surface area (Å²) in [5.41, 5.74) is 3.88. The lowest BCUT2D eigenvalue weighted by Gasteiger charge is -2.16. The van der Waals surface area contributed by atoms with Crippen LogP contribution in [0.25, 0.3) is 0 Å². The van der Waals surface area contributed by atoms with E-state index in [-0.39, 0.29) is 12.5 Å². The van der Waals surface area contributed by atoms with E-state index < -0.39 is 0 Å². The summed E-state index contributed by atoms with van der Waals surface area (Å²) in [6.45, 7) is 6.61. The molecule has 1 amide bonds. The summed E-state index contributed by atoms with van der Waals surface area (Å²) in [4.78, 5) is 14.8. The van der Waals surface area contributed by atoms with Crippen molar-refractivity contribution in [3.63, 3.8) is 0 Å². The molecule has 5 nitrogen and oxygen atoms in total. The lowest BCUT2D eigenvalue weighted by atomic mass is 9.97. The molecule has 3 rings (SSSR count). The molecule has 1 N–H and O–H groups in total. The van der Waals surface area contributed by atoms with Crippen LogP contribution in [-0.2, 0) is 19.6 Å². The van der Waals surface area contributed by atoms with Crippen molar-refractivity contribution < 1.29 is 9.90 Å². The van der Waals surface area contributed by atoms with Gasteiger partial charge in [0.25, 0.3) is 5.91 Å². The van der Waals surface area contributed by atoms with Crippen molar-refractivity contribution in [2.24, 2.45) is 5.92 Å². The molecule has 0 radical (unpaired) electrons. The maximum atomic E-state index is 12.8. The zero-order valence-electron chi connectivity index (χ0n) is 15.1. The van der Waals surface area contributed by atoms with E-state index in [1.54, 1.807) is 6.20 Å². The van der Waals surface area contributed by atoms with Gasteiger partial charge in [0.2, 0.25) is 0 Å². The number of aryl methyl sites for hydroxylation is 1. The van der Waals surface area contributed by atoms with Crippen LogP contribution in [0.4, 0.5) is 0 Å². The van der Waals surface area contributed by atoms with Gasteiger partial charge in [0.15, 0.2) is 0 Å². The third-order valence-electron chi connectivity index (χ3n) is 5.04. The molecule has 0 bridgehead atoms. The number of aliphatic hydroxyl groups excluding tert-OH is 1. The lowest BCUT2D eigenvalue weighted by molar-refractivity contribution is 0.0786. The highest BCUT2D eigenvalue weighted by molar-refractivity contribution is 5.95. The molecule has 1 atom stereocenters. The van der Waals surface area contributed by atoms with Gasteiger partial charge in [-0.3, -0.25) is 9.48 Å². The number of carbonyl (C=O) groups excluding carboxylic acids is 1. The molecule has 2 aromatic rings. The second-order valence-corrected chi connectivity index (χ2v) is 6.95. The second kappa shape index (κ2) is 7.83. The molecule has 25 heavy (non-hydrogen) atoms. The predicted octanol–water partition coefficient (Wildman–Crippen LogP) is 2.80. The highest BCUT2D eigenvalue weighted by atomic mass is 16.3. The Morgan fingerprint density at radius 2 is 2.16 bits per heavy atom. The van der Waals surface area contributed by atoms with E-state index in [1.807, 2.05) is 28.6 Å². The Labute approximate surface area is 149 Å². The highest BCUT2D eigenvalue weighted by Gasteiger charge is 2.28. The third-order valence-corrected chi connectivity index (χ3v) is 5.04. The molecule has 1 fully saturated rings. The van der Waals surface area contributed by atoms with E-state index >= 15 is 0 Å². The third kappa shape index (κ3) is 3.93. The van der Waals surface area contributed by atoms with Gasteiger partial charge in [-0.1, -0.05) is 31.2 Å². The summed E-state index contributed by atoms with van der Waals surface area (Å²) in [5.74, 6) is 0.579. The number of hydrogen-bond donors (Lipinski definition) is 1. The van der Waals surface area contributed by atoms with Gasteiger partial charge in [0.05, 0.1) is 18.4 Å². The zero-order chi connectivity index (χ0) is 17.8. The minimum absolute atomic E-state index is 0.0736. The van der Waals surface area contributed by atoms with Crippen LogP contribution in [0, 0.1) is 12.8 Å². The molecule has 134 valence electrons. The first-order valence-electron chi connectivity index (χ1n) is 9.12.